The third-order valence-electron chi connectivity index (χ3n) is 5.38. The van der Waals surface area contributed by atoms with Gasteiger partial charge in [-0.3, -0.25) is 4.79 Å². The summed E-state index contributed by atoms with van der Waals surface area (Å²) in [5.74, 6) is -0.564. The molecule has 1 aliphatic rings. The van der Waals surface area contributed by atoms with Gasteiger partial charge < -0.3 is 19.9 Å². The van der Waals surface area contributed by atoms with E-state index >= 15 is 0 Å². The second-order valence-electron chi connectivity index (χ2n) is 7.63. The summed E-state index contributed by atoms with van der Waals surface area (Å²) in [6, 6.07) is 11.0. The Morgan fingerprint density at radius 1 is 1.15 bits per heavy atom. The fraction of sp³-hybridized carbons (Fsp3) is 0.273. The van der Waals surface area contributed by atoms with Crippen molar-refractivity contribution in [3.63, 3.8) is 0 Å². The number of halogens is 3. The van der Waals surface area contributed by atoms with Crippen molar-refractivity contribution in [2.75, 3.05) is 42.3 Å². The number of hydrogen-bond acceptors (Lipinski definition) is 7. The highest BCUT2D eigenvalue weighted by Gasteiger charge is 2.32. The topological polar surface area (TPSA) is 96.0 Å². The van der Waals surface area contributed by atoms with Gasteiger partial charge in [-0.05, 0) is 24.3 Å². The zero-order valence-electron chi connectivity index (χ0n) is 17.7. The molecule has 0 spiro atoms. The number of nitrogens with zero attached hydrogens (tertiary/aromatic N) is 4. The molecular weight excluding hydrogens is 469 g/mol. The number of morpholine rings is 1. The van der Waals surface area contributed by atoms with Gasteiger partial charge in [-0.25, -0.2) is 4.98 Å². The molecule has 12 heteroatoms. The van der Waals surface area contributed by atoms with Gasteiger partial charge in [-0.1, -0.05) is 30.0 Å². The van der Waals surface area contributed by atoms with Gasteiger partial charge in [0.25, 0.3) is 0 Å². The van der Waals surface area contributed by atoms with Crippen LogP contribution in [0.3, 0.4) is 0 Å². The first-order chi connectivity index (χ1) is 16.4. The minimum absolute atomic E-state index is 0.0911. The molecule has 2 N–H and O–H groups in total. The molecule has 5 rings (SSSR count). The zero-order valence-corrected chi connectivity index (χ0v) is 18.5. The molecule has 8 nitrogen and oxygen atoms in total. The molecule has 1 saturated heterocycles. The molecule has 1 amide bonds. The van der Waals surface area contributed by atoms with E-state index in [1.807, 2.05) is 29.2 Å². The first-order valence-corrected chi connectivity index (χ1v) is 11.4. The van der Waals surface area contributed by atoms with Crippen molar-refractivity contribution in [2.45, 2.75) is 11.3 Å². The van der Waals surface area contributed by atoms with Crippen molar-refractivity contribution in [1.82, 2.24) is 20.2 Å². The second kappa shape index (κ2) is 9.11. The Morgan fingerprint density at radius 2 is 1.94 bits per heavy atom. The molecule has 4 aromatic rings. The van der Waals surface area contributed by atoms with Crippen molar-refractivity contribution < 1.29 is 22.7 Å². The lowest BCUT2D eigenvalue weighted by atomic mass is 10.1. The van der Waals surface area contributed by atoms with Crippen LogP contribution in [0.25, 0.3) is 22.1 Å². The largest absolute Gasteiger partial charge is 0.416 e. The molecule has 0 aliphatic carbocycles. The average Bonchev–Trinajstić information content (AvgIpc) is 3.20. The van der Waals surface area contributed by atoms with E-state index in [1.165, 1.54) is 6.07 Å². The molecule has 1 fully saturated rings. The Bertz CT molecular complexity index is 1350. The molecule has 0 saturated carbocycles. The third-order valence-corrected chi connectivity index (χ3v) is 6.22. The van der Waals surface area contributed by atoms with E-state index in [0.717, 1.165) is 34.8 Å². The lowest BCUT2D eigenvalue weighted by Gasteiger charge is -2.31. The normalized spacial score (nSPS) is 14.6. The SMILES string of the molecule is O=C(CSc1nnc2c(n1)[nH]c1ccccc12)Nc1cc(C(F)(F)F)ccc1N1CCOCC1. The van der Waals surface area contributed by atoms with Gasteiger partial charge in [0.05, 0.1) is 35.9 Å². The zero-order chi connectivity index (χ0) is 23.7. The number of fused-ring (bicyclic) bond motifs is 3. The summed E-state index contributed by atoms with van der Waals surface area (Å²) in [4.78, 5) is 22.1. The van der Waals surface area contributed by atoms with Crippen LogP contribution in [-0.2, 0) is 15.7 Å². The predicted molar refractivity (Wildman–Crippen MR) is 123 cm³/mol. The number of thioether (sulfide) groups is 1. The van der Waals surface area contributed by atoms with Crippen molar-refractivity contribution in [3.8, 4) is 0 Å². The maximum atomic E-state index is 13.3. The van der Waals surface area contributed by atoms with Gasteiger partial charge in [0.15, 0.2) is 5.65 Å². The van der Waals surface area contributed by atoms with Crippen LogP contribution < -0.4 is 10.2 Å². The molecule has 0 atom stereocenters. The molecule has 0 radical (unpaired) electrons. The minimum Gasteiger partial charge on any atom is -0.378 e. The Morgan fingerprint density at radius 3 is 2.74 bits per heavy atom. The number of hydrogen-bond donors (Lipinski definition) is 2. The number of alkyl halides is 3. The first kappa shape index (κ1) is 22.4. The standard InChI is InChI=1S/C22H19F3N6O2S/c23-22(24,25)13-5-6-17(31-7-9-33-10-8-31)16(11-13)26-18(32)12-34-21-28-20-19(29-30-21)14-3-1-2-4-15(14)27-20/h1-6,11H,7-10,12H2,(H,26,32)(H,27,28,30). The lowest BCUT2D eigenvalue weighted by molar-refractivity contribution is -0.137. The van der Waals surface area contributed by atoms with Gasteiger partial charge in [0.2, 0.25) is 11.1 Å². The van der Waals surface area contributed by atoms with Gasteiger partial charge in [-0.2, -0.15) is 13.2 Å². The van der Waals surface area contributed by atoms with Crippen LogP contribution in [0.5, 0.6) is 0 Å². The number of benzene rings is 2. The highest BCUT2D eigenvalue weighted by Crippen LogP contribution is 2.36. The van der Waals surface area contributed by atoms with Crippen LogP contribution in [0.1, 0.15) is 5.56 Å². The number of ether oxygens (including phenoxy) is 1. The molecule has 176 valence electrons. The van der Waals surface area contributed by atoms with Crippen LogP contribution in [0.4, 0.5) is 24.5 Å². The van der Waals surface area contributed by atoms with Crippen LogP contribution in [0.15, 0.2) is 47.6 Å². The fourth-order valence-electron chi connectivity index (χ4n) is 3.78. The summed E-state index contributed by atoms with van der Waals surface area (Å²) in [5.41, 5.74) is 1.85. The van der Waals surface area contributed by atoms with Crippen molar-refractivity contribution in [3.05, 3.63) is 48.0 Å². The summed E-state index contributed by atoms with van der Waals surface area (Å²) in [5, 5.41) is 12.1. The van der Waals surface area contributed by atoms with Gasteiger partial charge >= 0.3 is 6.18 Å². The third kappa shape index (κ3) is 4.64. The van der Waals surface area contributed by atoms with E-state index in [0.29, 0.717) is 43.2 Å². The first-order valence-electron chi connectivity index (χ1n) is 10.5. The van der Waals surface area contributed by atoms with E-state index in [4.69, 9.17) is 4.74 Å². The van der Waals surface area contributed by atoms with Crippen LogP contribution in [-0.4, -0.2) is 58.1 Å². The van der Waals surface area contributed by atoms with Crippen molar-refractivity contribution in [1.29, 1.82) is 0 Å². The van der Waals surface area contributed by atoms with E-state index in [9.17, 15) is 18.0 Å². The predicted octanol–water partition coefficient (Wildman–Crippen LogP) is 4.09. The number of H-pyrrole nitrogens is 1. The van der Waals surface area contributed by atoms with Crippen LogP contribution in [0, 0.1) is 0 Å². The fourth-order valence-corrected chi connectivity index (χ4v) is 4.36. The molecule has 34 heavy (non-hydrogen) atoms. The van der Waals surface area contributed by atoms with Gasteiger partial charge in [0.1, 0.15) is 5.52 Å². The van der Waals surface area contributed by atoms with E-state index in [1.54, 1.807) is 0 Å². The summed E-state index contributed by atoms with van der Waals surface area (Å²) in [6.45, 7) is 1.97. The lowest BCUT2D eigenvalue weighted by Crippen LogP contribution is -2.37. The Kier molecular flexibility index (Phi) is 6.00. The molecule has 1 aliphatic heterocycles. The summed E-state index contributed by atoms with van der Waals surface area (Å²) in [6.07, 6.45) is -4.52. The second-order valence-corrected chi connectivity index (χ2v) is 8.57. The molecule has 3 heterocycles. The molecular formula is C22H19F3N6O2S. The quantitative estimate of drug-likeness (QED) is 0.409. The van der Waals surface area contributed by atoms with Crippen LogP contribution in [0.2, 0.25) is 0 Å². The molecule has 0 unspecified atom stereocenters. The number of carbonyl (C=O) groups excluding carboxylic acids is 1. The van der Waals surface area contributed by atoms with E-state index in [-0.39, 0.29) is 16.6 Å². The molecule has 0 bridgehead atoms. The Hall–Kier alpha value is -3.38. The summed E-state index contributed by atoms with van der Waals surface area (Å²) < 4.78 is 45.2. The monoisotopic (exact) mass is 488 g/mol. The minimum atomic E-state index is -4.52. The summed E-state index contributed by atoms with van der Waals surface area (Å²) >= 11 is 1.05. The van der Waals surface area contributed by atoms with E-state index in [2.05, 4.69) is 25.5 Å². The number of anilines is 2. The Balaban J connectivity index is 1.32. The Labute approximate surface area is 195 Å². The highest BCUT2D eigenvalue weighted by molar-refractivity contribution is 7.99. The van der Waals surface area contributed by atoms with Crippen LogP contribution >= 0.6 is 11.8 Å². The van der Waals surface area contributed by atoms with Crippen molar-refractivity contribution in [2.24, 2.45) is 0 Å². The molecule has 2 aromatic heterocycles. The van der Waals surface area contributed by atoms with Crippen molar-refractivity contribution >= 4 is 51.1 Å². The van der Waals surface area contributed by atoms with E-state index < -0.39 is 17.6 Å². The number of nitrogens with one attached hydrogen (secondary N) is 2. The maximum absolute atomic E-state index is 13.3. The van der Waals surface area contributed by atoms with Gasteiger partial charge in [-0.15, -0.1) is 10.2 Å². The number of para-hydroxylation sites is 1. The number of amides is 1. The summed E-state index contributed by atoms with van der Waals surface area (Å²) in [7, 11) is 0. The number of rotatable bonds is 5. The number of aromatic nitrogens is 4. The average molecular weight is 488 g/mol. The molecule has 2 aromatic carbocycles. The smallest absolute Gasteiger partial charge is 0.378 e. The maximum Gasteiger partial charge on any atom is 0.416 e. The highest BCUT2D eigenvalue weighted by atomic mass is 32.2. The number of aromatic amines is 1. The van der Waals surface area contributed by atoms with Gasteiger partial charge in [0, 0.05) is 24.0 Å². The number of carbonyl (C=O) groups is 1.